The smallest absolute Gasteiger partial charge is 0.0715 e. The molecule has 2 atom stereocenters. The second-order valence-electron chi connectivity index (χ2n) is 8.54. The molecule has 8 N–H and O–H groups in total. The van der Waals surface area contributed by atoms with Gasteiger partial charge in [0, 0.05) is 22.7 Å². The van der Waals surface area contributed by atoms with Gasteiger partial charge in [-0.05, 0) is 93.0 Å². The van der Waals surface area contributed by atoms with Crippen LogP contribution in [0.15, 0.2) is 72.8 Å². The molecule has 0 fully saturated rings. The van der Waals surface area contributed by atoms with Crippen molar-refractivity contribution < 1.29 is 0 Å². The molecule has 0 aliphatic heterocycles. The lowest BCUT2D eigenvalue weighted by Gasteiger charge is -2.10. The van der Waals surface area contributed by atoms with Crippen LogP contribution >= 0.6 is 0 Å². The standard InChI is InChI=1S/C28H22N4/c29-15-1-5-19-21(27-13-17(31)3-7-23(27)25(19)11-15)9-10-22-20-6-2-16(30)12-26(20)24-8-4-18(32)14-28(22)24/h1-8,11-14,21-22H,29-32H2. The van der Waals surface area contributed by atoms with Gasteiger partial charge in [-0.2, -0.15) is 0 Å². The minimum absolute atomic E-state index is 0.0635. The molecule has 0 amide bonds. The molecule has 4 heteroatoms. The topological polar surface area (TPSA) is 104 Å². The van der Waals surface area contributed by atoms with E-state index in [1.54, 1.807) is 0 Å². The van der Waals surface area contributed by atoms with E-state index in [-0.39, 0.29) is 11.8 Å². The first-order valence-corrected chi connectivity index (χ1v) is 10.6. The lowest BCUT2D eigenvalue weighted by molar-refractivity contribution is 1.08. The summed E-state index contributed by atoms with van der Waals surface area (Å²) in [6.45, 7) is 0. The van der Waals surface area contributed by atoms with E-state index >= 15 is 0 Å². The van der Waals surface area contributed by atoms with E-state index in [9.17, 15) is 0 Å². The second-order valence-corrected chi connectivity index (χ2v) is 8.54. The van der Waals surface area contributed by atoms with Crippen LogP contribution < -0.4 is 22.9 Å². The van der Waals surface area contributed by atoms with Crippen molar-refractivity contribution in [3.63, 3.8) is 0 Å². The highest BCUT2D eigenvalue weighted by atomic mass is 14.6. The first kappa shape index (κ1) is 18.4. The molecular formula is C28H22N4. The minimum atomic E-state index is -0.0635. The van der Waals surface area contributed by atoms with Crippen molar-refractivity contribution in [2.45, 2.75) is 11.8 Å². The lowest BCUT2D eigenvalue weighted by atomic mass is 9.93. The normalized spacial score (nSPS) is 17.0. The van der Waals surface area contributed by atoms with Gasteiger partial charge in [-0.25, -0.2) is 0 Å². The Morgan fingerprint density at radius 2 is 0.781 bits per heavy atom. The Morgan fingerprint density at radius 1 is 0.406 bits per heavy atom. The number of hydrogen-bond donors (Lipinski definition) is 4. The molecule has 0 saturated carbocycles. The van der Waals surface area contributed by atoms with Gasteiger partial charge in [0.2, 0.25) is 0 Å². The van der Waals surface area contributed by atoms with Crippen LogP contribution in [0.25, 0.3) is 22.3 Å². The number of anilines is 4. The Bertz CT molecular complexity index is 1380. The highest BCUT2D eigenvalue weighted by Crippen LogP contribution is 2.48. The Labute approximate surface area is 186 Å². The molecule has 32 heavy (non-hydrogen) atoms. The molecule has 0 aromatic heterocycles. The quantitative estimate of drug-likeness (QED) is 0.241. The number of benzene rings is 4. The SMILES string of the molecule is Nc1ccc2c(c1)-c1ccc(N)cc1C2C#CC1c2ccc(N)cc2-c2ccc(N)cc21. The zero-order valence-corrected chi connectivity index (χ0v) is 17.4. The third-order valence-corrected chi connectivity index (χ3v) is 6.50. The fourth-order valence-corrected chi connectivity index (χ4v) is 5.06. The molecule has 4 aromatic rings. The van der Waals surface area contributed by atoms with Crippen molar-refractivity contribution >= 4 is 22.7 Å². The van der Waals surface area contributed by atoms with Crippen molar-refractivity contribution in [2.75, 3.05) is 22.9 Å². The molecule has 0 heterocycles. The van der Waals surface area contributed by atoms with Crippen LogP contribution in [0.2, 0.25) is 0 Å². The van der Waals surface area contributed by atoms with Crippen LogP contribution in [0.3, 0.4) is 0 Å². The zero-order chi connectivity index (χ0) is 22.0. The maximum Gasteiger partial charge on any atom is 0.0715 e. The van der Waals surface area contributed by atoms with Gasteiger partial charge in [0.25, 0.3) is 0 Å². The maximum absolute atomic E-state index is 6.13. The first-order chi connectivity index (χ1) is 15.5. The summed E-state index contributed by atoms with van der Waals surface area (Å²) in [5.41, 5.74) is 36.5. The molecule has 0 saturated heterocycles. The minimum Gasteiger partial charge on any atom is -0.399 e. The monoisotopic (exact) mass is 414 g/mol. The molecule has 2 aliphatic rings. The number of fused-ring (bicyclic) bond motifs is 6. The molecule has 0 radical (unpaired) electrons. The number of hydrogen-bond acceptors (Lipinski definition) is 4. The summed E-state index contributed by atoms with van der Waals surface area (Å²) in [5.74, 6) is 7.03. The Hall–Kier alpha value is -4.36. The van der Waals surface area contributed by atoms with Crippen LogP contribution in [0.1, 0.15) is 34.1 Å². The Balaban J connectivity index is 1.52. The number of rotatable bonds is 0. The lowest BCUT2D eigenvalue weighted by Crippen LogP contribution is -1.98. The molecule has 2 unspecified atom stereocenters. The predicted octanol–water partition coefficient (Wildman–Crippen LogP) is 4.94. The van der Waals surface area contributed by atoms with Crippen molar-refractivity contribution in [3.05, 3.63) is 95.1 Å². The van der Waals surface area contributed by atoms with Crippen LogP contribution in [0.4, 0.5) is 22.7 Å². The van der Waals surface area contributed by atoms with Crippen LogP contribution in [-0.2, 0) is 0 Å². The van der Waals surface area contributed by atoms with E-state index in [4.69, 9.17) is 22.9 Å². The van der Waals surface area contributed by atoms with Gasteiger partial charge in [-0.1, -0.05) is 36.1 Å². The predicted molar refractivity (Wildman–Crippen MR) is 133 cm³/mol. The van der Waals surface area contributed by atoms with Crippen LogP contribution in [0.5, 0.6) is 0 Å². The summed E-state index contributed by atoms with van der Waals surface area (Å²) in [4.78, 5) is 0. The van der Waals surface area contributed by atoms with Gasteiger partial charge in [0.1, 0.15) is 0 Å². The molecule has 2 aliphatic carbocycles. The van der Waals surface area contributed by atoms with E-state index in [0.717, 1.165) is 67.3 Å². The Morgan fingerprint density at radius 3 is 1.22 bits per heavy atom. The Kier molecular flexibility index (Phi) is 3.78. The molecule has 4 nitrogen and oxygen atoms in total. The zero-order valence-electron chi connectivity index (χ0n) is 17.4. The summed E-state index contributed by atoms with van der Waals surface area (Å²) in [5, 5.41) is 0. The van der Waals surface area contributed by atoms with Gasteiger partial charge in [-0.3, -0.25) is 0 Å². The van der Waals surface area contributed by atoms with E-state index in [1.807, 2.05) is 48.5 Å². The van der Waals surface area contributed by atoms with Crippen molar-refractivity contribution in [2.24, 2.45) is 0 Å². The third-order valence-electron chi connectivity index (χ3n) is 6.50. The van der Waals surface area contributed by atoms with Gasteiger partial charge < -0.3 is 22.9 Å². The van der Waals surface area contributed by atoms with Crippen molar-refractivity contribution in [1.29, 1.82) is 0 Å². The molecule has 0 bridgehead atoms. The van der Waals surface area contributed by atoms with E-state index in [2.05, 4.69) is 36.1 Å². The maximum atomic E-state index is 6.13. The first-order valence-electron chi connectivity index (χ1n) is 10.6. The number of nitrogen functional groups attached to an aromatic ring is 4. The summed E-state index contributed by atoms with van der Waals surface area (Å²) < 4.78 is 0. The molecule has 6 rings (SSSR count). The van der Waals surface area contributed by atoms with E-state index < -0.39 is 0 Å². The average molecular weight is 415 g/mol. The fourth-order valence-electron chi connectivity index (χ4n) is 5.06. The number of nitrogens with two attached hydrogens (primary N) is 4. The molecule has 4 aromatic carbocycles. The third kappa shape index (κ3) is 2.65. The summed E-state index contributed by atoms with van der Waals surface area (Å²) in [7, 11) is 0. The molecule has 154 valence electrons. The van der Waals surface area contributed by atoms with Crippen molar-refractivity contribution in [3.8, 4) is 34.1 Å². The highest BCUT2D eigenvalue weighted by Gasteiger charge is 2.30. The summed E-state index contributed by atoms with van der Waals surface area (Å²) in [6, 6.07) is 24.1. The van der Waals surface area contributed by atoms with Gasteiger partial charge >= 0.3 is 0 Å². The average Bonchev–Trinajstić information content (AvgIpc) is 3.23. The van der Waals surface area contributed by atoms with Crippen LogP contribution in [0, 0.1) is 11.8 Å². The summed E-state index contributed by atoms with van der Waals surface area (Å²) in [6.07, 6.45) is 0. The van der Waals surface area contributed by atoms with Crippen molar-refractivity contribution in [1.82, 2.24) is 0 Å². The largest absolute Gasteiger partial charge is 0.399 e. The fraction of sp³-hybridized carbons (Fsp3) is 0.0714. The van der Waals surface area contributed by atoms with Gasteiger partial charge in [0.15, 0.2) is 0 Å². The van der Waals surface area contributed by atoms with E-state index in [0.29, 0.717) is 0 Å². The molecular weight excluding hydrogens is 392 g/mol. The van der Waals surface area contributed by atoms with Gasteiger partial charge in [-0.15, -0.1) is 0 Å². The van der Waals surface area contributed by atoms with Crippen LogP contribution in [-0.4, -0.2) is 0 Å². The summed E-state index contributed by atoms with van der Waals surface area (Å²) >= 11 is 0. The highest BCUT2D eigenvalue weighted by molar-refractivity contribution is 5.85. The van der Waals surface area contributed by atoms with Gasteiger partial charge in [0.05, 0.1) is 11.8 Å². The molecule has 0 spiro atoms. The second kappa shape index (κ2) is 6.57. The van der Waals surface area contributed by atoms with E-state index in [1.165, 1.54) is 0 Å².